The molecule has 1 N–H and O–H groups in total. The summed E-state index contributed by atoms with van der Waals surface area (Å²) in [5, 5.41) is 2.56. The summed E-state index contributed by atoms with van der Waals surface area (Å²) in [6.07, 6.45) is 0.543. The Balaban J connectivity index is 2.08. The summed E-state index contributed by atoms with van der Waals surface area (Å²) >= 11 is 0. The summed E-state index contributed by atoms with van der Waals surface area (Å²) in [6.45, 7) is -0.513. The van der Waals surface area contributed by atoms with E-state index in [1.807, 2.05) is 30.3 Å². The van der Waals surface area contributed by atoms with Crippen LogP contribution < -0.4 is 10.1 Å². The predicted octanol–water partition coefficient (Wildman–Crippen LogP) is 1.59. The minimum atomic E-state index is -1.86. The molecular weight excluding hydrogens is 458 g/mol. The lowest BCUT2D eigenvalue weighted by molar-refractivity contribution is -0.177. The van der Waals surface area contributed by atoms with E-state index < -0.39 is 23.6 Å². The molecule has 10 nitrogen and oxygen atoms in total. The Kier molecular flexibility index (Phi) is 11.4. The number of esters is 2. The van der Waals surface area contributed by atoms with Gasteiger partial charge in [0.1, 0.15) is 18.6 Å². The molecule has 188 valence electrons. The number of amides is 1. The first-order chi connectivity index (χ1) is 16.9. The van der Waals surface area contributed by atoms with Crippen LogP contribution in [0, 0.1) is 0 Å². The number of hydrogen-bond donors (Lipinski definition) is 1. The van der Waals surface area contributed by atoms with Crippen LogP contribution in [-0.2, 0) is 51.2 Å². The molecule has 1 unspecified atom stereocenters. The molecule has 2 aromatic carbocycles. The number of hydrogen-bond acceptors (Lipinski definition) is 9. The van der Waals surface area contributed by atoms with Gasteiger partial charge >= 0.3 is 11.9 Å². The van der Waals surface area contributed by atoms with Gasteiger partial charge in [0.05, 0.1) is 20.3 Å². The van der Waals surface area contributed by atoms with Crippen LogP contribution in [0.3, 0.4) is 0 Å². The van der Waals surface area contributed by atoms with Crippen molar-refractivity contribution in [3.8, 4) is 5.75 Å². The highest BCUT2D eigenvalue weighted by atomic mass is 16.6. The lowest BCUT2D eigenvalue weighted by Gasteiger charge is -2.31. The van der Waals surface area contributed by atoms with Crippen LogP contribution in [0.25, 0.3) is 0 Å². The molecule has 0 spiro atoms. The van der Waals surface area contributed by atoms with Crippen LogP contribution in [0.5, 0.6) is 5.75 Å². The van der Waals surface area contributed by atoms with Crippen LogP contribution in [0.4, 0.5) is 0 Å². The predicted molar refractivity (Wildman–Crippen MR) is 123 cm³/mol. The van der Waals surface area contributed by atoms with Gasteiger partial charge in [-0.15, -0.1) is 0 Å². The molecule has 1 amide bonds. The second kappa shape index (κ2) is 14.5. The largest absolute Gasteiger partial charge is 0.482 e. The van der Waals surface area contributed by atoms with E-state index in [0.717, 1.165) is 5.56 Å². The summed E-state index contributed by atoms with van der Waals surface area (Å²) in [5.41, 5.74) is -0.360. The number of aldehydes is 1. The average molecular weight is 488 g/mol. The van der Waals surface area contributed by atoms with E-state index in [-0.39, 0.29) is 39.3 Å². The normalized spacial score (nSPS) is 12.2. The third-order valence-corrected chi connectivity index (χ3v) is 4.79. The van der Waals surface area contributed by atoms with Gasteiger partial charge in [-0.2, -0.15) is 0 Å². The second-order valence-electron chi connectivity index (χ2n) is 7.33. The molecule has 0 bridgehead atoms. The maximum atomic E-state index is 12.9. The summed E-state index contributed by atoms with van der Waals surface area (Å²) in [4.78, 5) is 47.3. The third-order valence-electron chi connectivity index (χ3n) is 4.79. The summed E-state index contributed by atoms with van der Waals surface area (Å²) < 4.78 is 25.9. The first kappa shape index (κ1) is 27.5. The molecule has 0 aliphatic rings. The second-order valence-corrected chi connectivity index (χ2v) is 7.33. The Bertz CT molecular complexity index is 963. The smallest absolute Gasteiger partial charge is 0.360 e. The van der Waals surface area contributed by atoms with Gasteiger partial charge in [0.15, 0.2) is 6.61 Å². The molecule has 0 saturated carbocycles. The number of rotatable bonds is 15. The lowest BCUT2D eigenvalue weighted by Crippen LogP contribution is -2.59. The van der Waals surface area contributed by atoms with Crippen molar-refractivity contribution in [3.63, 3.8) is 0 Å². The maximum absolute atomic E-state index is 12.9. The van der Waals surface area contributed by atoms with E-state index in [0.29, 0.717) is 17.6 Å². The molecule has 0 aromatic heterocycles. The van der Waals surface area contributed by atoms with Crippen molar-refractivity contribution in [2.45, 2.75) is 25.2 Å². The third kappa shape index (κ3) is 9.19. The molecule has 0 aliphatic heterocycles. The number of nitrogens with one attached hydrogen (secondary N) is 1. The molecule has 0 saturated heterocycles. The highest BCUT2D eigenvalue weighted by molar-refractivity contribution is 5.87. The van der Waals surface area contributed by atoms with E-state index in [9.17, 15) is 19.2 Å². The molecule has 2 aromatic rings. The van der Waals surface area contributed by atoms with Crippen molar-refractivity contribution in [2.75, 3.05) is 34.0 Å². The van der Waals surface area contributed by atoms with E-state index in [1.54, 1.807) is 24.3 Å². The minimum absolute atomic E-state index is 0.00585. The van der Waals surface area contributed by atoms with Gasteiger partial charge < -0.3 is 33.8 Å². The van der Waals surface area contributed by atoms with Crippen molar-refractivity contribution in [1.29, 1.82) is 0 Å². The van der Waals surface area contributed by atoms with Gasteiger partial charge in [0.25, 0.3) is 0 Å². The van der Waals surface area contributed by atoms with Crippen LogP contribution in [0.2, 0.25) is 0 Å². The first-order valence-electron chi connectivity index (χ1n) is 10.8. The molecule has 0 aliphatic carbocycles. The Morgan fingerprint density at radius 3 is 2.29 bits per heavy atom. The highest BCUT2D eigenvalue weighted by Crippen LogP contribution is 2.20. The van der Waals surface area contributed by atoms with E-state index in [2.05, 4.69) is 10.1 Å². The summed E-state index contributed by atoms with van der Waals surface area (Å²) in [5.74, 6) is -1.56. The monoisotopic (exact) mass is 487 g/mol. The van der Waals surface area contributed by atoms with Crippen molar-refractivity contribution < 1.29 is 42.9 Å². The topological polar surface area (TPSA) is 126 Å². The maximum Gasteiger partial charge on any atom is 0.360 e. The van der Waals surface area contributed by atoms with Crippen molar-refractivity contribution in [2.24, 2.45) is 0 Å². The lowest BCUT2D eigenvalue weighted by atomic mass is 10.0. The number of ether oxygens (including phenoxy) is 5. The van der Waals surface area contributed by atoms with E-state index in [1.165, 1.54) is 14.2 Å². The molecule has 35 heavy (non-hydrogen) atoms. The van der Waals surface area contributed by atoms with Crippen LogP contribution in [0.15, 0.2) is 54.6 Å². The minimum Gasteiger partial charge on any atom is -0.482 e. The van der Waals surface area contributed by atoms with Gasteiger partial charge in [-0.25, -0.2) is 9.59 Å². The molecule has 0 heterocycles. The quantitative estimate of drug-likeness (QED) is 0.172. The van der Waals surface area contributed by atoms with Gasteiger partial charge in [0, 0.05) is 20.0 Å². The van der Waals surface area contributed by atoms with Crippen molar-refractivity contribution in [1.82, 2.24) is 5.32 Å². The molecule has 0 fully saturated rings. The number of carbonyl (C=O) groups excluding carboxylic acids is 4. The Morgan fingerprint density at radius 1 is 0.943 bits per heavy atom. The molecule has 2 rings (SSSR count). The van der Waals surface area contributed by atoms with Gasteiger partial charge in [-0.3, -0.25) is 4.79 Å². The van der Waals surface area contributed by atoms with Gasteiger partial charge in [0.2, 0.25) is 11.6 Å². The fourth-order valence-corrected chi connectivity index (χ4v) is 2.98. The SMILES string of the molecule is COC(=O)COc1ccc(CC(NC(=O)COCc2ccccc2)(OC)C(=O)OCCC=O)cc1. The summed E-state index contributed by atoms with van der Waals surface area (Å²) in [6, 6.07) is 15.8. The molecule has 0 radical (unpaired) electrons. The molecular formula is C25H29NO9. The van der Waals surface area contributed by atoms with E-state index >= 15 is 0 Å². The van der Waals surface area contributed by atoms with E-state index in [4.69, 9.17) is 18.9 Å². The van der Waals surface area contributed by atoms with Gasteiger partial charge in [-0.1, -0.05) is 42.5 Å². The fraction of sp³-hybridized carbons (Fsp3) is 0.360. The number of methoxy groups -OCH3 is 2. The Morgan fingerprint density at radius 2 is 1.66 bits per heavy atom. The van der Waals surface area contributed by atoms with Crippen molar-refractivity contribution >= 4 is 24.1 Å². The molecule has 1 atom stereocenters. The molecule has 10 heteroatoms. The Labute approximate surface area is 203 Å². The average Bonchev–Trinajstić information content (AvgIpc) is 2.88. The summed E-state index contributed by atoms with van der Waals surface area (Å²) in [7, 11) is 2.52. The zero-order valence-corrected chi connectivity index (χ0v) is 19.7. The number of carbonyl (C=O) groups is 4. The van der Waals surface area contributed by atoms with Crippen molar-refractivity contribution in [3.05, 3.63) is 65.7 Å². The number of benzene rings is 2. The zero-order valence-electron chi connectivity index (χ0n) is 19.7. The standard InChI is InChI=1S/C25H29NO9/c1-31-23(29)18-35-21-11-9-19(10-12-21)15-25(32-2,24(30)34-14-6-13-27)26-22(28)17-33-16-20-7-4-3-5-8-20/h3-5,7-13H,6,14-18H2,1-2H3,(H,26,28). The zero-order chi connectivity index (χ0) is 25.5. The highest BCUT2D eigenvalue weighted by Gasteiger charge is 2.42. The Hall–Kier alpha value is -3.76. The van der Waals surface area contributed by atoms with Crippen LogP contribution in [-0.4, -0.2) is 63.9 Å². The first-order valence-corrected chi connectivity index (χ1v) is 10.8. The fourth-order valence-electron chi connectivity index (χ4n) is 2.98. The van der Waals surface area contributed by atoms with Gasteiger partial charge in [-0.05, 0) is 23.3 Å². The van der Waals surface area contributed by atoms with Crippen LogP contribution in [0.1, 0.15) is 17.5 Å². The van der Waals surface area contributed by atoms with Crippen LogP contribution >= 0.6 is 0 Å².